The number of H-pyrrole nitrogens is 2. The lowest BCUT2D eigenvalue weighted by Gasteiger charge is -2.27. The van der Waals surface area contributed by atoms with Gasteiger partial charge in [-0.2, -0.15) is 10.4 Å². The van der Waals surface area contributed by atoms with Gasteiger partial charge in [0.05, 0.1) is 17.8 Å². The van der Waals surface area contributed by atoms with Crippen LogP contribution in [0, 0.1) is 35.5 Å². The normalized spacial score (nSPS) is 20.1. The number of carbonyl (C=O) groups excluding carboxylic acids is 1. The second-order valence-corrected chi connectivity index (χ2v) is 16.5. The molecule has 4 aromatic rings. The number of hydrogen-bond donors (Lipinski definition) is 6. The Morgan fingerprint density at radius 3 is 1.79 bits per heavy atom. The lowest BCUT2D eigenvalue weighted by atomic mass is 9.78. The highest BCUT2D eigenvalue weighted by molar-refractivity contribution is 5.79. The first-order valence-corrected chi connectivity index (χ1v) is 20.2. The molecule has 6 rings (SSSR count). The Balaban J connectivity index is 1.04. The minimum absolute atomic E-state index is 0.00151. The van der Waals surface area contributed by atoms with Crippen molar-refractivity contribution >= 4 is 29.5 Å². The van der Waals surface area contributed by atoms with Gasteiger partial charge in [-0.25, -0.2) is 9.97 Å². The molecule has 6 heterocycles. The predicted molar refractivity (Wildman–Crippen MR) is 213 cm³/mol. The third-order valence-corrected chi connectivity index (χ3v) is 11.9. The van der Waals surface area contributed by atoms with Crippen LogP contribution in [-0.4, -0.2) is 119 Å². The molecule has 0 radical (unpaired) electrons. The van der Waals surface area contributed by atoms with E-state index in [1.807, 2.05) is 45.0 Å². The Morgan fingerprint density at radius 1 is 0.793 bits per heavy atom. The van der Waals surface area contributed by atoms with E-state index in [2.05, 4.69) is 61.3 Å². The fourth-order valence-corrected chi connectivity index (χ4v) is 8.74. The number of pyridine rings is 2. The molecule has 2 fully saturated rings. The zero-order chi connectivity index (χ0) is 41.3. The maximum Gasteiger partial charge on any atom is 0.307 e. The van der Waals surface area contributed by atoms with E-state index < -0.39 is 35.6 Å². The summed E-state index contributed by atoms with van der Waals surface area (Å²) in [6.45, 7) is 8.90. The lowest BCUT2D eigenvalue weighted by molar-refractivity contribution is -0.144. The van der Waals surface area contributed by atoms with Crippen LogP contribution in [0.4, 0.5) is 11.6 Å². The van der Waals surface area contributed by atoms with Crippen LogP contribution in [0.2, 0.25) is 0 Å². The molecular formula is C39H56N14O5. The number of nitrogens with zero attached hydrogens (tertiary/aromatic N) is 10. The van der Waals surface area contributed by atoms with E-state index in [1.54, 1.807) is 19.4 Å². The van der Waals surface area contributed by atoms with Crippen LogP contribution in [0.3, 0.4) is 0 Å². The van der Waals surface area contributed by atoms with Crippen molar-refractivity contribution in [2.24, 2.45) is 41.2 Å². The van der Waals surface area contributed by atoms with E-state index in [0.717, 1.165) is 55.2 Å². The van der Waals surface area contributed by atoms with Crippen LogP contribution in [0.15, 0.2) is 36.7 Å². The van der Waals surface area contributed by atoms with Gasteiger partial charge in [0.25, 0.3) is 0 Å². The maximum absolute atomic E-state index is 12.9. The van der Waals surface area contributed by atoms with Crippen LogP contribution >= 0.6 is 0 Å². The standard InChI is InChI=1S/C39H56N14O5/c1-22(2)13-30(38(55)56)28(35-44-48-49-45-35)16-24-5-7-33(42-18-24)52-11-9-26(20-52)32(40)15-23(3)14-31(39(57)58)29(36-46-50-51-47-36)17-25-6-8-34(43-19-25)53-12-10-27(21-53)37(54)41-4/h5-8,18-19,22-23,26-32H,9-17,20-21,40H2,1-4H3,(H,41,54)(H,55,56)(H,57,58)(H,44,45,48,49)(H,46,47,50,51). The van der Waals surface area contributed by atoms with Gasteiger partial charge in [0.2, 0.25) is 5.91 Å². The summed E-state index contributed by atoms with van der Waals surface area (Å²) < 4.78 is 0. The molecule has 312 valence electrons. The number of nitrogens with two attached hydrogens (primary N) is 1. The van der Waals surface area contributed by atoms with E-state index >= 15 is 0 Å². The quantitative estimate of drug-likeness (QED) is 0.0749. The molecule has 2 aliphatic rings. The molecule has 0 aromatic carbocycles. The fraction of sp³-hybridized carbons (Fsp3) is 0.615. The number of hydrogen-bond acceptors (Lipinski definition) is 14. The zero-order valence-corrected chi connectivity index (χ0v) is 33.6. The van der Waals surface area contributed by atoms with Gasteiger partial charge in [0.1, 0.15) is 11.6 Å². The van der Waals surface area contributed by atoms with Gasteiger partial charge in [0.15, 0.2) is 11.6 Å². The molecule has 19 nitrogen and oxygen atoms in total. The van der Waals surface area contributed by atoms with Crippen LogP contribution in [0.5, 0.6) is 0 Å². The number of carboxylic acids is 2. The molecule has 19 heteroatoms. The van der Waals surface area contributed by atoms with E-state index in [1.165, 1.54) is 0 Å². The molecule has 1 amide bonds. The highest BCUT2D eigenvalue weighted by atomic mass is 16.4. The Kier molecular flexibility index (Phi) is 13.9. The largest absolute Gasteiger partial charge is 0.481 e. The Labute approximate surface area is 337 Å². The van der Waals surface area contributed by atoms with Gasteiger partial charge in [-0.1, -0.05) is 43.3 Å². The van der Waals surface area contributed by atoms with E-state index in [0.29, 0.717) is 50.3 Å². The average Bonchev–Trinajstić information content (AvgIpc) is 4.06. The van der Waals surface area contributed by atoms with E-state index in [9.17, 15) is 24.6 Å². The number of carboxylic acid groups (broad SMARTS) is 2. The number of carbonyl (C=O) groups is 3. The monoisotopic (exact) mass is 800 g/mol. The van der Waals surface area contributed by atoms with Gasteiger partial charge in [-0.3, -0.25) is 14.4 Å². The van der Waals surface area contributed by atoms with Crippen molar-refractivity contribution in [2.45, 2.75) is 83.6 Å². The van der Waals surface area contributed by atoms with Crippen molar-refractivity contribution < 1.29 is 24.6 Å². The van der Waals surface area contributed by atoms with Gasteiger partial charge >= 0.3 is 11.9 Å². The Hall–Kier alpha value is -5.59. The third-order valence-electron chi connectivity index (χ3n) is 11.9. The highest BCUT2D eigenvalue weighted by Crippen LogP contribution is 2.35. The van der Waals surface area contributed by atoms with E-state index in [4.69, 9.17) is 10.7 Å². The summed E-state index contributed by atoms with van der Waals surface area (Å²) in [4.78, 5) is 51.0. The van der Waals surface area contributed by atoms with Crippen LogP contribution in [0.1, 0.15) is 87.5 Å². The lowest BCUT2D eigenvalue weighted by Crippen LogP contribution is -2.35. The smallest absolute Gasteiger partial charge is 0.307 e. The van der Waals surface area contributed by atoms with E-state index in [-0.39, 0.29) is 35.6 Å². The molecule has 4 aromatic heterocycles. The number of aromatic amines is 2. The van der Waals surface area contributed by atoms with Gasteiger partial charge < -0.3 is 31.1 Å². The summed E-state index contributed by atoms with van der Waals surface area (Å²) in [5.41, 5.74) is 8.58. The van der Waals surface area contributed by atoms with Crippen molar-refractivity contribution in [1.82, 2.24) is 56.5 Å². The molecule has 0 saturated carbocycles. The second-order valence-electron chi connectivity index (χ2n) is 16.5. The van der Waals surface area contributed by atoms with Gasteiger partial charge in [-0.15, -0.1) is 20.4 Å². The number of anilines is 2. The molecule has 8 unspecified atom stereocenters. The number of aromatic nitrogens is 10. The summed E-state index contributed by atoms with van der Waals surface area (Å²) in [7, 11) is 1.65. The summed E-state index contributed by atoms with van der Waals surface area (Å²) in [5.74, 6) is -1.62. The van der Waals surface area contributed by atoms with Crippen LogP contribution in [0.25, 0.3) is 0 Å². The maximum atomic E-state index is 12.9. The number of amides is 1. The average molecular weight is 801 g/mol. The third kappa shape index (κ3) is 10.5. The summed E-state index contributed by atoms with van der Waals surface area (Å²) in [6, 6.07) is 7.66. The number of rotatable bonds is 20. The zero-order valence-electron chi connectivity index (χ0n) is 33.6. The topological polar surface area (TPSA) is 271 Å². The molecule has 8 atom stereocenters. The van der Waals surface area contributed by atoms with Crippen LogP contribution in [-0.2, 0) is 27.2 Å². The minimum atomic E-state index is -0.930. The minimum Gasteiger partial charge on any atom is -0.481 e. The van der Waals surface area contributed by atoms with Gasteiger partial charge in [-0.05, 0) is 86.0 Å². The second kappa shape index (κ2) is 19.2. The summed E-state index contributed by atoms with van der Waals surface area (Å²) in [6.07, 6.45) is 7.49. The molecule has 0 aliphatic carbocycles. The predicted octanol–water partition coefficient (Wildman–Crippen LogP) is 2.45. The number of aliphatic carboxylic acids is 2. The number of tetrazole rings is 2. The summed E-state index contributed by atoms with van der Waals surface area (Å²) in [5, 5.41) is 52.4. The van der Waals surface area contributed by atoms with Gasteiger partial charge in [0, 0.05) is 63.5 Å². The van der Waals surface area contributed by atoms with Crippen molar-refractivity contribution in [3.8, 4) is 0 Å². The van der Waals surface area contributed by atoms with Crippen molar-refractivity contribution in [1.29, 1.82) is 0 Å². The first kappa shape index (κ1) is 42.0. The first-order valence-electron chi connectivity index (χ1n) is 20.2. The molecule has 0 bridgehead atoms. The molecule has 7 N–H and O–H groups in total. The molecule has 0 spiro atoms. The summed E-state index contributed by atoms with van der Waals surface area (Å²) >= 11 is 0. The van der Waals surface area contributed by atoms with Crippen molar-refractivity contribution in [3.05, 3.63) is 59.4 Å². The fourth-order valence-electron chi connectivity index (χ4n) is 8.74. The molecule has 2 aliphatic heterocycles. The first-order chi connectivity index (χ1) is 27.9. The molecular weight excluding hydrogens is 745 g/mol. The van der Waals surface area contributed by atoms with Crippen molar-refractivity contribution in [3.63, 3.8) is 0 Å². The number of nitrogens with one attached hydrogen (secondary N) is 3. The Bertz CT molecular complexity index is 1910. The highest BCUT2D eigenvalue weighted by Gasteiger charge is 2.37. The Morgan fingerprint density at radius 2 is 1.33 bits per heavy atom. The SMILES string of the molecule is CNC(=O)C1CCN(c2ccc(CC(c3nn[nH]n3)C(CC(C)CC(N)C3CCN(c4ccc(CC(c5nn[nH]n5)C(CC(C)C)C(=O)O)cn4)C3)C(=O)O)cn2)C1. The molecule has 58 heavy (non-hydrogen) atoms. The van der Waals surface area contributed by atoms with Crippen LogP contribution < -0.4 is 20.9 Å². The molecule has 2 saturated heterocycles. The van der Waals surface area contributed by atoms with Crippen molar-refractivity contribution in [2.75, 3.05) is 43.0 Å².